The maximum Gasteiger partial charge on any atom is 0.389 e. The summed E-state index contributed by atoms with van der Waals surface area (Å²) in [5.41, 5.74) is -0.576. The van der Waals surface area contributed by atoms with Gasteiger partial charge in [-0.2, -0.15) is 13.2 Å². The number of halogens is 3. The van der Waals surface area contributed by atoms with E-state index < -0.39 is 30.5 Å². The Balaban J connectivity index is 2.63. The van der Waals surface area contributed by atoms with Crippen LogP contribution in [0.4, 0.5) is 19.0 Å². The Bertz CT molecular complexity index is 467. The molecule has 0 bridgehead atoms. The smallest absolute Gasteiger partial charge is 0.314 e. The number of aryl methyl sites for hydroxylation is 1. The van der Waals surface area contributed by atoms with Crippen molar-refractivity contribution in [1.29, 1.82) is 0 Å². The van der Waals surface area contributed by atoms with Gasteiger partial charge in [0.25, 0.3) is 5.56 Å². The summed E-state index contributed by atoms with van der Waals surface area (Å²) >= 11 is 0. The normalized spacial score (nSPS) is 11.3. The van der Waals surface area contributed by atoms with Gasteiger partial charge in [0.2, 0.25) is 5.91 Å². The number of hydrogen-bond donors (Lipinski definition) is 1. The number of rotatable bonds is 3. The van der Waals surface area contributed by atoms with E-state index in [1.165, 1.54) is 19.4 Å². The maximum absolute atomic E-state index is 11.8. The van der Waals surface area contributed by atoms with Crippen LogP contribution in [0.2, 0.25) is 0 Å². The van der Waals surface area contributed by atoms with Crippen LogP contribution in [0.3, 0.4) is 0 Å². The van der Waals surface area contributed by atoms with Crippen LogP contribution in [0.5, 0.6) is 0 Å². The SMILES string of the molecule is Cn1ccnc(NC(=O)CCC(F)(F)F)c1=O. The van der Waals surface area contributed by atoms with Gasteiger partial charge in [0.1, 0.15) is 0 Å². The van der Waals surface area contributed by atoms with Crippen molar-refractivity contribution in [2.24, 2.45) is 7.05 Å². The Morgan fingerprint density at radius 1 is 1.53 bits per heavy atom. The monoisotopic (exact) mass is 249 g/mol. The number of carbonyl (C=O) groups excluding carboxylic acids is 1. The van der Waals surface area contributed by atoms with Gasteiger partial charge in [-0.25, -0.2) is 4.98 Å². The molecule has 1 aromatic heterocycles. The number of aromatic nitrogens is 2. The number of nitrogens with one attached hydrogen (secondary N) is 1. The van der Waals surface area contributed by atoms with Crippen LogP contribution in [-0.4, -0.2) is 21.6 Å². The molecule has 1 heterocycles. The summed E-state index contributed by atoms with van der Waals surface area (Å²) < 4.78 is 36.7. The van der Waals surface area contributed by atoms with Crippen molar-refractivity contribution < 1.29 is 18.0 Å². The van der Waals surface area contributed by atoms with E-state index in [2.05, 4.69) is 4.98 Å². The quantitative estimate of drug-likeness (QED) is 0.871. The molecular formula is C9H10F3N3O2. The first kappa shape index (κ1) is 13.2. The molecule has 1 aromatic rings. The lowest BCUT2D eigenvalue weighted by molar-refractivity contribution is -0.142. The van der Waals surface area contributed by atoms with Crippen molar-refractivity contribution in [1.82, 2.24) is 9.55 Å². The minimum atomic E-state index is -4.40. The Kier molecular flexibility index (Phi) is 3.87. The second kappa shape index (κ2) is 4.98. The molecule has 94 valence electrons. The van der Waals surface area contributed by atoms with Crippen LogP contribution in [0, 0.1) is 0 Å². The fourth-order valence-corrected chi connectivity index (χ4v) is 1.03. The van der Waals surface area contributed by atoms with Crippen LogP contribution >= 0.6 is 0 Å². The molecule has 0 aliphatic carbocycles. The standard InChI is InChI=1S/C9H10F3N3O2/c1-15-5-4-13-7(8(15)17)14-6(16)2-3-9(10,11)12/h4-5H,2-3H2,1H3,(H,13,14,16). The zero-order valence-electron chi connectivity index (χ0n) is 8.91. The molecule has 1 N–H and O–H groups in total. The summed E-state index contributed by atoms with van der Waals surface area (Å²) in [5.74, 6) is -1.17. The number of amides is 1. The molecular weight excluding hydrogens is 239 g/mol. The van der Waals surface area contributed by atoms with Crippen molar-refractivity contribution >= 4 is 11.7 Å². The third kappa shape index (κ3) is 4.25. The second-order valence-corrected chi connectivity index (χ2v) is 3.36. The van der Waals surface area contributed by atoms with Gasteiger partial charge >= 0.3 is 6.18 Å². The lowest BCUT2D eigenvalue weighted by atomic mass is 10.3. The molecule has 0 unspecified atom stereocenters. The van der Waals surface area contributed by atoms with E-state index in [0.29, 0.717) is 0 Å². The van der Waals surface area contributed by atoms with Gasteiger partial charge in [0.05, 0.1) is 6.42 Å². The summed E-state index contributed by atoms with van der Waals surface area (Å²) in [6.45, 7) is 0. The summed E-state index contributed by atoms with van der Waals surface area (Å²) in [4.78, 5) is 26.1. The first-order valence-electron chi connectivity index (χ1n) is 4.68. The van der Waals surface area contributed by atoms with E-state index in [-0.39, 0.29) is 5.82 Å². The fourth-order valence-electron chi connectivity index (χ4n) is 1.03. The Labute approximate surface area is 94.3 Å². The molecule has 0 saturated carbocycles. The highest BCUT2D eigenvalue weighted by molar-refractivity contribution is 5.89. The predicted molar refractivity (Wildman–Crippen MR) is 53.4 cm³/mol. The molecule has 1 rings (SSSR count). The second-order valence-electron chi connectivity index (χ2n) is 3.36. The van der Waals surface area contributed by atoms with E-state index in [4.69, 9.17) is 0 Å². The highest BCUT2D eigenvalue weighted by Gasteiger charge is 2.28. The molecule has 5 nitrogen and oxygen atoms in total. The van der Waals surface area contributed by atoms with Gasteiger partial charge in [-0.3, -0.25) is 9.59 Å². The highest BCUT2D eigenvalue weighted by atomic mass is 19.4. The molecule has 1 amide bonds. The van der Waals surface area contributed by atoms with Crippen molar-refractivity contribution in [3.63, 3.8) is 0 Å². The maximum atomic E-state index is 11.8. The molecule has 0 fully saturated rings. The van der Waals surface area contributed by atoms with Gasteiger partial charge in [-0.1, -0.05) is 0 Å². The Morgan fingerprint density at radius 3 is 2.76 bits per heavy atom. The summed E-state index contributed by atoms with van der Waals surface area (Å²) in [6, 6.07) is 0. The fraction of sp³-hybridized carbons (Fsp3) is 0.444. The van der Waals surface area contributed by atoms with Crippen LogP contribution in [0.25, 0.3) is 0 Å². The molecule has 0 atom stereocenters. The first-order chi connectivity index (χ1) is 7.79. The lowest BCUT2D eigenvalue weighted by Crippen LogP contribution is -2.25. The van der Waals surface area contributed by atoms with Gasteiger partial charge in [-0.05, 0) is 0 Å². The molecule has 0 saturated heterocycles. The van der Waals surface area contributed by atoms with E-state index >= 15 is 0 Å². The number of nitrogens with zero attached hydrogens (tertiary/aromatic N) is 2. The minimum absolute atomic E-state index is 0.276. The summed E-state index contributed by atoms with van der Waals surface area (Å²) in [6.07, 6.45) is -3.73. The zero-order chi connectivity index (χ0) is 13.1. The van der Waals surface area contributed by atoms with E-state index in [0.717, 1.165) is 4.57 Å². The molecule has 0 aromatic carbocycles. The van der Waals surface area contributed by atoms with Crippen molar-refractivity contribution in [2.45, 2.75) is 19.0 Å². The van der Waals surface area contributed by atoms with Gasteiger partial charge in [-0.15, -0.1) is 0 Å². The lowest BCUT2D eigenvalue weighted by Gasteiger charge is -2.06. The van der Waals surface area contributed by atoms with Gasteiger partial charge < -0.3 is 9.88 Å². The van der Waals surface area contributed by atoms with Crippen LogP contribution in [0.15, 0.2) is 17.2 Å². The first-order valence-corrected chi connectivity index (χ1v) is 4.68. The van der Waals surface area contributed by atoms with Crippen molar-refractivity contribution in [3.8, 4) is 0 Å². The zero-order valence-corrected chi connectivity index (χ0v) is 8.91. The average Bonchev–Trinajstić information content (AvgIpc) is 2.21. The van der Waals surface area contributed by atoms with Gasteiger partial charge in [0, 0.05) is 25.9 Å². The number of alkyl halides is 3. The number of carbonyl (C=O) groups is 1. The minimum Gasteiger partial charge on any atom is -0.314 e. The molecule has 0 aliphatic rings. The van der Waals surface area contributed by atoms with E-state index in [1.54, 1.807) is 0 Å². The van der Waals surface area contributed by atoms with Crippen LogP contribution in [0.1, 0.15) is 12.8 Å². The van der Waals surface area contributed by atoms with Crippen molar-refractivity contribution in [3.05, 3.63) is 22.7 Å². The topological polar surface area (TPSA) is 64.0 Å². The van der Waals surface area contributed by atoms with Crippen molar-refractivity contribution in [2.75, 3.05) is 5.32 Å². The summed E-state index contributed by atoms with van der Waals surface area (Å²) in [7, 11) is 1.44. The third-order valence-electron chi connectivity index (χ3n) is 1.91. The number of hydrogen-bond acceptors (Lipinski definition) is 3. The highest BCUT2D eigenvalue weighted by Crippen LogP contribution is 2.21. The van der Waals surface area contributed by atoms with Gasteiger partial charge in [0.15, 0.2) is 5.82 Å². The van der Waals surface area contributed by atoms with E-state index in [9.17, 15) is 22.8 Å². The molecule has 0 radical (unpaired) electrons. The number of anilines is 1. The predicted octanol–water partition coefficient (Wildman–Crippen LogP) is 1.06. The Hall–Kier alpha value is -1.86. The van der Waals surface area contributed by atoms with Crippen LogP contribution in [-0.2, 0) is 11.8 Å². The molecule has 0 spiro atoms. The average molecular weight is 249 g/mol. The third-order valence-corrected chi connectivity index (χ3v) is 1.91. The Morgan fingerprint density at radius 2 is 2.18 bits per heavy atom. The van der Waals surface area contributed by atoms with Crippen LogP contribution < -0.4 is 10.9 Å². The molecule has 8 heteroatoms. The summed E-state index contributed by atoms with van der Waals surface area (Å²) in [5, 5.41) is 2.04. The molecule has 0 aliphatic heterocycles. The largest absolute Gasteiger partial charge is 0.389 e. The molecule has 17 heavy (non-hydrogen) atoms. The van der Waals surface area contributed by atoms with E-state index in [1.807, 2.05) is 5.32 Å².